The van der Waals surface area contributed by atoms with Gasteiger partial charge in [-0.1, -0.05) is 12.1 Å². The number of hydrogen-bond acceptors (Lipinski definition) is 7. The number of hydrogen-bond donors (Lipinski definition) is 3. The molecule has 1 aliphatic rings. The summed E-state index contributed by atoms with van der Waals surface area (Å²) in [6.07, 6.45) is 7.12. The van der Waals surface area contributed by atoms with Crippen molar-refractivity contribution in [3.63, 3.8) is 0 Å². The number of carbonyl (C=O) groups excluding carboxylic acids is 1. The maximum absolute atomic E-state index is 13.2. The molecule has 4 aromatic rings. The van der Waals surface area contributed by atoms with Gasteiger partial charge in [0.2, 0.25) is 0 Å². The Morgan fingerprint density at radius 1 is 1.18 bits per heavy atom. The molecule has 168 valence electrons. The van der Waals surface area contributed by atoms with Crippen molar-refractivity contribution in [3.05, 3.63) is 60.7 Å². The Morgan fingerprint density at radius 2 is 2.06 bits per heavy atom. The quantitative estimate of drug-likeness (QED) is 0.443. The Labute approximate surface area is 191 Å². The first-order valence-corrected chi connectivity index (χ1v) is 10.9. The Morgan fingerprint density at radius 3 is 2.85 bits per heavy atom. The molecule has 1 unspecified atom stereocenters. The third-order valence-corrected chi connectivity index (χ3v) is 6.02. The summed E-state index contributed by atoms with van der Waals surface area (Å²) < 4.78 is 1.79. The number of anilines is 3. The zero-order valence-electron chi connectivity index (χ0n) is 18.4. The van der Waals surface area contributed by atoms with Gasteiger partial charge in [0.25, 0.3) is 5.91 Å². The summed E-state index contributed by atoms with van der Waals surface area (Å²) in [5, 5.41) is 8.04. The molecule has 3 aromatic heterocycles. The van der Waals surface area contributed by atoms with Crippen LogP contribution in [0.4, 0.5) is 17.1 Å². The zero-order valence-corrected chi connectivity index (χ0v) is 18.4. The van der Waals surface area contributed by atoms with Crippen molar-refractivity contribution in [2.24, 2.45) is 12.8 Å². The molecular weight excluding hydrogens is 416 g/mol. The standard InChI is InChI=1S/C24H26N8O/c1-31-21(7-9-28-31)16-5-4-15-11-18(26)23(29-19(15)12-16)24(33)30-20-13-27-8-6-22(20)32-10-2-3-17(25)14-32/h4-9,11-13,17H,2-3,10,14,25-26H2,1H3,(H,30,33). The van der Waals surface area contributed by atoms with E-state index in [1.165, 1.54) is 0 Å². The fraction of sp³-hybridized carbons (Fsp3) is 0.250. The largest absolute Gasteiger partial charge is 0.397 e. The lowest BCUT2D eigenvalue weighted by atomic mass is 10.1. The number of amides is 1. The molecule has 4 heterocycles. The highest BCUT2D eigenvalue weighted by molar-refractivity contribution is 6.09. The molecule has 9 nitrogen and oxygen atoms in total. The van der Waals surface area contributed by atoms with Crippen LogP contribution in [0.15, 0.2) is 55.0 Å². The highest BCUT2D eigenvalue weighted by Crippen LogP contribution is 2.29. The molecule has 5 rings (SSSR count). The molecule has 1 atom stereocenters. The molecule has 0 aliphatic carbocycles. The molecule has 1 aromatic carbocycles. The van der Waals surface area contributed by atoms with E-state index in [9.17, 15) is 4.79 Å². The summed E-state index contributed by atoms with van der Waals surface area (Å²) in [5.74, 6) is -0.379. The number of piperidine rings is 1. The van der Waals surface area contributed by atoms with E-state index in [4.69, 9.17) is 11.5 Å². The first kappa shape index (κ1) is 20.9. The van der Waals surface area contributed by atoms with Gasteiger partial charge < -0.3 is 21.7 Å². The van der Waals surface area contributed by atoms with Crippen molar-refractivity contribution in [1.82, 2.24) is 19.7 Å². The smallest absolute Gasteiger partial charge is 0.276 e. The second kappa shape index (κ2) is 8.51. The van der Waals surface area contributed by atoms with E-state index < -0.39 is 0 Å². The molecule has 1 fully saturated rings. The maximum atomic E-state index is 13.2. The molecule has 0 spiro atoms. The summed E-state index contributed by atoms with van der Waals surface area (Å²) in [4.78, 5) is 24.2. The van der Waals surface area contributed by atoms with Gasteiger partial charge in [-0.15, -0.1) is 0 Å². The minimum Gasteiger partial charge on any atom is -0.397 e. The fourth-order valence-corrected chi connectivity index (χ4v) is 4.35. The minimum absolute atomic E-state index is 0.113. The van der Waals surface area contributed by atoms with E-state index in [0.717, 1.165) is 48.3 Å². The molecule has 33 heavy (non-hydrogen) atoms. The van der Waals surface area contributed by atoms with Gasteiger partial charge in [0.15, 0.2) is 5.69 Å². The van der Waals surface area contributed by atoms with E-state index in [-0.39, 0.29) is 17.6 Å². The minimum atomic E-state index is -0.379. The average Bonchev–Trinajstić information content (AvgIpc) is 3.24. The number of nitrogens with zero attached hydrogens (tertiary/aromatic N) is 5. The predicted octanol–water partition coefficient (Wildman–Crippen LogP) is 2.79. The van der Waals surface area contributed by atoms with Crippen LogP contribution < -0.4 is 21.7 Å². The van der Waals surface area contributed by atoms with Gasteiger partial charge in [0.1, 0.15) is 0 Å². The third kappa shape index (κ3) is 4.10. The number of aryl methyl sites for hydroxylation is 1. The van der Waals surface area contributed by atoms with Crippen molar-refractivity contribution in [3.8, 4) is 11.3 Å². The van der Waals surface area contributed by atoms with Crippen LogP contribution in [0.5, 0.6) is 0 Å². The molecule has 0 bridgehead atoms. The monoisotopic (exact) mass is 442 g/mol. The van der Waals surface area contributed by atoms with Gasteiger partial charge in [-0.2, -0.15) is 5.10 Å². The lowest BCUT2D eigenvalue weighted by molar-refractivity contribution is 0.102. The molecule has 1 amide bonds. The van der Waals surface area contributed by atoms with Crippen LogP contribution >= 0.6 is 0 Å². The Balaban J connectivity index is 1.46. The lowest BCUT2D eigenvalue weighted by Gasteiger charge is -2.33. The number of nitrogen functional groups attached to an aromatic ring is 1. The van der Waals surface area contributed by atoms with Crippen LogP contribution in [-0.4, -0.2) is 44.8 Å². The van der Waals surface area contributed by atoms with Crippen molar-refractivity contribution in [2.75, 3.05) is 29.0 Å². The number of aromatic nitrogens is 4. The summed E-state index contributed by atoms with van der Waals surface area (Å²) in [6.45, 7) is 1.62. The Hall–Kier alpha value is -3.98. The Kier molecular flexibility index (Phi) is 5.39. The van der Waals surface area contributed by atoms with Gasteiger partial charge in [-0.25, -0.2) is 4.98 Å². The number of carbonyl (C=O) groups is 1. The zero-order chi connectivity index (χ0) is 22.9. The van der Waals surface area contributed by atoms with E-state index in [1.54, 1.807) is 29.3 Å². The number of nitrogens with one attached hydrogen (secondary N) is 1. The third-order valence-electron chi connectivity index (χ3n) is 6.02. The van der Waals surface area contributed by atoms with E-state index in [1.807, 2.05) is 37.4 Å². The maximum Gasteiger partial charge on any atom is 0.276 e. The molecule has 5 N–H and O–H groups in total. The summed E-state index contributed by atoms with van der Waals surface area (Å²) in [7, 11) is 1.88. The molecule has 0 radical (unpaired) electrons. The van der Waals surface area contributed by atoms with E-state index in [0.29, 0.717) is 16.9 Å². The molecule has 9 heteroatoms. The Bertz CT molecular complexity index is 1330. The van der Waals surface area contributed by atoms with Crippen LogP contribution in [0.3, 0.4) is 0 Å². The highest BCUT2D eigenvalue weighted by Gasteiger charge is 2.21. The number of pyridine rings is 2. The molecule has 1 aliphatic heterocycles. The van der Waals surface area contributed by atoms with Crippen molar-refractivity contribution >= 4 is 33.9 Å². The highest BCUT2D eigenvalue weighted by atomic mass is 16.1. The van der Waals surface area contributed by atoms with Crippen LogP contribution in [0.1, 0.15) is 23.3 Å². The van der Waals surface area contributed by atoms with Crippen molar-refractivity contribution in [2.45, 2.75) is 18.9 Å². The number of nitrogens with two attached hydrogens (primary N) is 2. The van der Waals surface area contributed by atoms with Crippen LogP contribution in [0.2, 0.25) is 0 Å². The predicted molar refractivity (Wildman–Crippen MR) is 130 cm³/mol. The van der Waals surface area contributed by atoms with Gasteiger partial charge in [0, 0.05) is 49.5 Å². The van der Waals surface area contributed by atoms with Crippen molar-refractivity contribution in [1.29, 1.82) is 0 Å². The fourth-order valence-electron chi connectivity index (χ4n) is 4.35. The molecule has 0 saturated carbocycles. The first-order valence-electron chi connectivity index (χ1n) is 10.9. The summed E-state index contributed by atoms with van der Waals surface area (Å²) in [5.41, 5.74) is 17.0. The summed E-state index contributed by atoms with van der Waals surface area (Å²) in [6, 6.07) is 11.6. The molecule has 1 saturated heterocycles. The van der Waals surface area contributed by atoms with Gasteiger partial charge >= 0.3 is 0 Å². The van der Waals surface area contributed by atoms with Crippen molar-refractivity contribution < 1.29 is 4.79 Å². The van der Waals surface area contributed by atoms with Gasteiger partial charge in [-0.05, 0) is 37.1 Å². The van der Waals surface area contributed by atoms with Crippen LogP contribution in [0.25, 0.3) is 22.2 Å². The van der Waals surface area contributed by atoms with Gasteiger partial charge in [0.05, 0.1) is 34.5 Å². The second-order valence-corrected chi connectivity index (χ2v) is 8.37. The second-order valence-electron chi connectivity index (χ2n) is 8.37. The van der Waals surface area contributed by atoms with Crippen LogP contribution in [-0.2, 0) is 7.05 Å². The average molecular weight is 443 g/mol. The van der Waals surface area contributed by atoms with Gasteiger partial charge in [-0.3, -0.25) is 14.5 Å². The van der Waals surface area contributed by atoms with E-state index >= 15 is 0 Å². The number of fused-ring (bicyclic) bond motifs is 1. The first-order chi connectivity index (χ1) is 16.0. The molecular formula is C24H26N8O. The number of benzene rings is 1. The topological polar surface area (TPSA) is 128 Å². The summed E-state index contributed by atoms with van der Waals surface area (Å²) >= 11 is 0. The lowest BCUT2D eigenvalue weighted by Crippen LogP contribution is -2.43. The van der Waals surface area contributed by atoms with E-state index in [2.05, 4.69) is 25.3 Å². The number of rotatable bonds is 4. The normalized spacial score (nSPS) is 16.2. The van der Waals surface area contributed by atoms with Crippen LogP contribution in [0, 0.1) is 0 Å². The SMILES string of the molecule is Cn1nccc1-c1ccc2cc(N)c(C(=O)Nc3cnccc3N3CCCC(N)C3)nc2c1.